The van der Waals surface area contributed by atoms with Crippen LogP contribution in [0, 0.1) is 0 Å². The number of hydrogen-bond donors (Lipinski definition) is 1. The van der Waals surface area contributed by atoms with Crippen molar-refractivity contribution in [2.75, 3.05) is 63.6 Å². The monoisotopic (exact) mass is 474 g/mol. The summed E-state index contributed by atoms with van der Waals surface area (Å²) >= 11 is 0. The summed E-state index contributed by atoms with van der Waals surface area (Å²) in [5.41, 5.74) is 5.87. The standard InChI is InChI=1S/C26H34N8O/c1-18-14-21(25-23(29-18)4-5-24(30-25)35-3)22-16-28-34-17-20(15-27-26(22)34)32-8-6-19(7-9-32)33-12-10-31(2)11-13-33/h4-5,14-19,29H,6-13H2,1-3H3. The third-order valence-electron chi connectivity index (χ3n) is 7.65. The van der Waals surface area contributed by atoms with Crippen LogP contribution in [0.2, 0.25) is 0 Å². The molecule has 35 heavy (non-hydrogen) atoms. The molecular weight excluding hydrogens is 440 g/mol. The Bertz CT molecular complexity index is 1240. The third-order valence-corrected chi connectivity index (χ3v) is 7.65. The van der Waals surface area contributed by atoms with Crippen molar-refractivity contribution >= 4 is 22.6 Å². The Hall–Kier alpha value is -3.17. The van der Waals surface area contributed by atoms with Crippen LogP contribution in [0.25, 0.3) is 11.2 Å². The smallest absolute Gasteiger partial charge is 0.213 e. The van der Waals surface area contributed by atoms with Gasteiger partial charge in [-0.1, -0.05) is 6.08 Å². The fourth-order valence-corrected chi connectivity index (χ4v) is 5.60. The highest BCUT2D eigenvalue weighted by Gasteiger charge is 2.28. The first-order valence-corrected chi connectivity index (χ1v) is 12.6. The molecule has 184 valence electrons. The van der Waals surface area contributed by atoms with Crippen LogP contribution in [0.4, 0.5) is 11.4 Å². The molecule has 0 amide bonds. The lowest BCUT2D eigenvalue weighted by molar-refractivity contribution is 0.0982. The van der Waals surface area contributed by atoms with Gasteiger partial charge >= 0.3 is 0 Å². The van der Waals surface area contributed by atoms with Gasteiger partial charge in [0.2, 0.25) is 5.88 Å². The Balaban J connectivity index is 1.22. The molecule has 1 atom stereocenters. The molecule has 2 fully saturated rings. The van der Waals surface area contributed by atoms with E-state index in [1.807, 2.05) is 29.0 Å². The maximum absolute atomic E-state index is 5.38. The molecule has 0 aromatic carbocycles. The first-order chi connectivity index (χ1) is 17.1. The number of rotatable bonds is 4. The van der Waals surface area contributed by atoms with Gasteiger partial charge in [-0.25, -0.2) is 14.5 Å². The molecule has 6 heterocycles. The van der Waals surface area contributed by atoms with Gasteiger partial charge in [-0.2, -0.15) is 5.10 Å². The van der Waals surface area contributed by atoms with Crippen molar-refractivity contribution in [2.45, 2.75) is 31.8 Å². The van der Waals surface area contributed by atoms with E-state index in [9.17, 15) is 0 Å². The van der Waals surface area contributed by atoms with Gasteiger partial charge in [-0.15, -0.1) is 0 Å². The molecule has 0 saturated carbocycles. The molecule has 0 spiro atoms. The number of piperidine rings is 1. The van der Waals surface area contributed by atoms with E-state index in [2.05, 4.69) is 51.4 Å². The Labute approximate surface area is 206 Å². The van der Waals surface area contributed by atoms with E-state index in [0.717, 1.165) is 46.9 Å². The van der Waals surface area contributed by atoms with Crippen molar-refractivity contribution in [3.05, 3.63) is 48.1 Å². The second kappa shape index (κ2) is 9.13. The summed E-state index contributed by atoms with van der Waals surface area (Å²) in [7, 11) is 3.86. The van der Waals surface area contributed by atoms with Gasteiger partial charge in [0, 0.05) is 68.6 Å². The minimum Gasteiger partial charge on any atom is -0.481 e. The third kappa shape index (κ3) is 4.23. The summed E-state index contributed by atoms with van der Waals surface area (Å²) in [6.45, 7) is 9.00. The molecule has 1 unspecified atom stereocenters. The normalized spacial score (nSPS) is 22.1. The summed E-state index contributed by atoms with van der Waals surface area (Å²) < 4.78 is 7.29. The Kier molecular flexibility index (Phi) is 5.82. The molecule has 2 saturated heterocycles. The van der Waals surface area contributed by atoms with Crippen LogP contribution >= 0.6 is 0 Å². The molecule has 0 radical (unpaired) electrons. The second-order valence-corrected chi connectivity index (χ2v) is 9.96. The van der Waals surface area contributed by atoms with Crippen LogP contribution in [0.5, 0.6) is 5.88 Å². The number of anilines is 2. The zero-order valence-corrected chi connectivity index (χ0v) is 20.8. The number of likely N-dealkylation sites (N-methyl/N-ethyl adjacent to an activating group) is 1. The SMILES string of the molecule is COc1ccc2c(n1)C(c1cnn3cc(N4CCC(N5CCN(C)CC5)CC4)cnc13)=CC(C)N2. The number of nitrogens with zero attached hydrogens (tertiary/aromatic N) is 7. The summed E-state index contributed by atoms with van der Waals surface area (Å²) in [5, 5.41) is 8.16. The van der Waals surface area contributed by atoms with Gasteiger partial charge in [-0.05, 0) is 32.9 Å². The molecule has 9 nitrogen and oxygen atoms in total. The van der Waals surface area contributed by atoms with E-state index >= 15 is 0 Å². The van der Waals surface area contributed by atoms with Crippen LogP contribution in [0.1, 0.15) is 31.0 Å². The van der Waals surface area contributed by atoms with Gasteiger partial charge in [0.05, 0.1) is 42.8 Å². The molecule has 0 aliphatic carbocycles. The van der Waals surface area contributed by atoms with E-state index in [0.29, 0.717) is 11.9 Å². The molecule has 3 aliphatic heterocycles. The molecule has 9 heteroatoms. The topological polar surface area (TPSA) is 74.1 Å². The zero-order valence-electron chi connectivity index (χ0n) is 20.8. The fraction of sp³-hybridized carbons (Fsp3) is 0.500. The average molecular weight is 475 g/mol. The molecular formula is C26H34N8O. The molecule has 3 aliphatic rings. The Morgan fingerprint density at radius 2 is 1.83 bits per heavy atom. The van der Waals surface area contributed by atoms with Gasteiger partial charge in [0.25, 0.3) is 0 Å². The van der Waals surface area contributed by atoms with Crippen molar-refractivity contribution in [2.24, 2.45) is 0 Å². The molecule has 6 rings (SSSR count). The van der Waals surface area contributed by atoms with E-state index < -0.39 is 0 Å². The number of piperazine rings is 1. The quantitative estimate of drug-likeness (QED) is 0.619. The predicted octanol–water partition coefficient (Wildman–Crippen LogP) is 2.59. The minimum absolute atomic E-state index is 0.184. The van der Waals surface area contributed by atoms with Crippen molar-refractivity contribution < 1.29 is 4.74 Å². The molecule has 1 N–H and O–H groups in total. The Morgan fingerprint density at radius 3 is 2.60 bits per heavy atom. The maximum Gasteiger partial charge on any atom is 0.213 e. The number of methoxy groups -OCH3 is 1. The lowest BCUT2D eigenvalue weighted by atomic mass is 9.97. The number of pyridine rings is 1. The largest absolute Gasteiger partial charge is 0.481 e. The lowest BCUT2D eigenvalue weighted by Gasteiger charge is -2.42. The predicted molar refractivity (Wildman–Crippen MR) is 138 cm³/mol. The maximum atomic E-state index is 5.38. The Morgan fingerprint density at radius 1 is 1.03 bits per heavy atom. The summed E-state index contributed by atoms with van der Waals surface area (Å²) in [6.07, 6.45) is 10.6. The van der Waals surface area contributed by atoms with Crippen LogP contribution in [0.15, 0.2) is 36.8 Å². The molecule has 0 bridgehead atoms. The van der Waals surface area contributed by atoms with Gasteiger partial charge in [0.1, 0.15) is 0 Å². The van der Waals surface area contributed by atoms with E-state index in [1.54, 1.807) is 7.11 Å². The van der Waals surface area contributed by atoms with E-state index in [1.165, 1.54) is 39.0 Å². The lowest BCUT2D eigenvalue weighted by Crippen LogP contribution is -2.52. The van der Waals surface area contributed by atoms with Gasteiger partial charge < -0.3 is 19.9 Å². The highest BCUT2D eigenvalue weighted by molar-refractivity contribution is 5.91. The number of fused-ring (bicyclic) bond motifs is 2. The van der Waals surface area contributed by atoms with E-state index in [-0.39, 0.29) is 6.04 Å². The van der Waals surface area contributed by atoms with Crippen LogP contribution in [-0.4, -0.2) is 94.9 Å². The van der Waals surface area contributed by atoms with Gasteiger partial charge in [-0.3, -0.25) is 4.90 Å². The van der Waals surface area contributed by atoms with Crippen LogP contribution < -0.4 is 15.0 Å². The summed E-state index contributed by atoms with van der Waals surface area (Å²) in [4.78, 5) is 17.2. The van der Waals surface area contributed by atoms with Crippen LogP contribution in [0.3, 0.4) is 0 Å². The van der Waals surface area contributed by atoms with Crippen molar-refractivity contribution in [1.82, 2.24) is 29.4 Å². The fourth-order valence-electron chi connectivity index (χ4n) is 5.60. The molecule has 3 aromatic rings. The van der Waals surface area contributed by atoms with Crippen molar-refractivity contribution in [3.63, 3.8) is 0 Å². The first-order valence-electron chi connectivity index (χ1n) is 12.6. The highest BCUT2D eigenvalue weighted by atomic mass is 16.5. The van der Waals surface area contributed by atoms with Crippen LogP contribution in [-0.2, 0) is 0 Å². The summed E-state index contributed by atoms with van der Waals surface area (Å²) in [5.74, 6) is 0.595. The number of ether oxygens (including phenoxy) is 1. The van der Waals surface area contributed by atoms with E-state index in [4.69, 9.17) is 14.7 Å². The van der Waals surface area contributed by atoms with Crippen molar-refractivity contribution in [3.8, 4) is 5.88 Å². The average Bonchev–Trinajstić information content (AvgIpc) is 3.31. The second-order valence-electron chi connectivity index (χ2n) is 9.96. The first kappa shape index (κ1) is 22.3. The zero-order chi connectivity index (χ0) is 23.9. The number of aromatic nitrogens is 4. The van der Waals surface area contributed by atoms with Gasteiger partial charge in [0.15, 0.2) is 5.65 Å². The number of hydrogen-bond acceptors (Lipinski definition) is 8. The highest BCUT2D eigenvalue weighted by Crippen LogP contribution is 2.35. The summed E-state index contributed by atoms with van der Waals surface area (Å²) in [6, 6.07) is 4.79. The molecule has 3 aromatic heterocycles. The number of nitrogens with one attached hydrogen (secondary N) is 1. The minimum atomic E-state index is 0.184. The van der Waals surface area contributed by atoms with Crippen molar-refractivity contribution in [1.29, 1.82) is 0 Å².